The van der Waals surface area contributed by atoms with Gasteiger partial charge in [0.15, 0.2) is 5.82 Å². The number of aromatic nitrogens is 2. The zero-order chi connectivity index (χ0) is 15.0. The summed E-state index contributed by atoms with van der Waals surface area (Å²) in [6.45, 7) is 6.63. The third kappa shape index (κ3) is 3.56. The largest absolute Gasteiger partial charge is 0.465 e. The van der Waals surface area contributed by atoms with Crippen molar-refractivity contribution in [3.05, 3.63) is 11.7 Å². The summed E-state index contributed by atoms with van der Waals surface area (Å²) in [5.74, 6) is 0.665. The molecular weight excluding hydrogens is 260 g/mol. The molecule has 0 atom stereocenters. The second-order valence-electron chi connectivity index (χ2n) is 4.62. The van der Waals surface area contributed by atoms with Crippen LogP contribution in [0.4, 0.5) is 0 Å². The molecule has 1 heterocycles. The highest BCUT2D eigenvalue weighted by Crippen LogP contribution is 2.32. The Kier molecular flexibility index (Phi) is 6.64. The van der Waals surface area contributed by atoms with Crippen molar-refractivity contribution in [2.75, 3.05) is 20.3 Å². The van der Waals surface area contributed by atoms with Gasteiger partial charge in [0, 0.05) is 20.1 Å². The summed E-state index contributed by atoms with van der Waals surface area (Å²) in [6.07, 6.45) is 2.63. The monoisotopic (exact) mass is 284 g/mol. The van der Waals surface area contributed by atoms with Crippen LogP contribution in [-0.2, 0) is 26.1 Å². The van der Waals surface area contributed by atoms with Crippen LogP contribution in [0.1, 0.15) is 51.7 Å². The molecule has 0 saturated carbocycles. The van der Waals surface area contributed by atoms with E-state index in [0.29, 0.717) is 44.2 Å². The van der Waals surface area contributed by atoms with Crippen LogP contribution in [0.5, 0.6) is 0 Å². The first-order valence-corrected chi connectivity index (χ1v) is 7.13. The van der Waals surface area contributed by atoms with Gasteiger partial charge in [-0.05, 0) is 26.2 Å². The number of nitrogens with zero attached hydrogens (tertiary/aromatic N) is 2. The quantitative estimate of drug-likeness (QED) is 0.511. The predicted molar refractivity (Wildman–Crippen MR) is 73.4 cm³/mol. The molecule has 20 heavy (non-hydrogen) atoms. The molecule has 0 N–H and O–H groups in total. The topological polar surface area (TPSA) is 74.5 Å². The lowest BCUT2D eigenvalue weighted by Gasteiger charge is -2.24. The van der Waals surface area contributed by atoms with Gasteiger partial charge in [-0.1, -0.05) is 19.0 Å². The van der Waals surface area contributed by atoms with E-state index in [0.717, 1.165) is 6.42 Å². The summed E-state index contributed by atoms with van der Waals surface area (Å²) in [5, 5.41) is 3.94. The lowest BCUT2D eigenvalue weighted by atomic mass is 9.82. The molecule has 0 spiro atoms. The van der Waals surface area contributed by atoms with Crippen molar-refractivity contribution in [3.8, 4) is 0 Å². The van der Waals surface area contributed by atoms with Crippen molar-refractivity contribution in [3.63, 3.8) is 0 Å². The Morgan fingerprint density at radius 1 is 1.30 bits per heavy atom. The number of esters is 1. The van der Waals surface area contributed by atoms with Crippen LogP contribution in [0.25, 0.3) is 0 Å². The molecule has 0 aliphatic heterocycles. The molecule has 1 aromatic rings. The third-order valence-corrected chi connectivity index (χ3v) is 3.50. The van der Waals surface area contributed by atoms with Gasteiger partial charge < -0.3 is 14.0 Å². The number of ether oxygens (including phenoxy) is 2. The van der Waals surface area contributed by atoms with Crippen molar-refractivity contribution in [2.45, 2.75) is 51.9 Å². The Bertz CT molecular complexity index is 413. The van der Waals surface area contributed by atoms with Crippen LogP contribution in [0.15, 0.2) is 4.52 Å². The van der Waals surface area contributed by atoms with Crippen LogP contribution in [0.3, 0.4) is 0 Å². The lowest BCUT2D eigenvalue weighted by molar-refractivity contribution is -0.151. The van der Waals surface area contributed by atoms with E-state index in [1.165, 1.54) is 0 Å². The summed E-state index contributed by atoms with van der Waals surface area (Å²) in [7, 11) is 1.65. The zero-order valence-electron chi connectivity index (χ0n) is 12.8. The summed E-state index contributed by atoms with van der Waals surface area (Å²) >= 11 is 0. The smallest absolute Gasteiger partial charge is 0.321 e. The normalized spacial score (nSPS) is 11.6. The van der Waals surface area contributed by atoms with Crippen molar-refractivity contribution in [1.29, 1.82) is 0 Å². The van der Waals surface area contributed by atoms with Gasteiger partial charge in [-0.3, -0.25) is 4.79 Å². The molecule has 0 aliphatic carbocycles. The van der Waals surface area contributed by atoms with Crippen LogP contribution >= 0.6 is 0 Å². The van der Waals surface area contributed by atoms with Crippen molar-refractivity contribution in [2.24, 2.45) is 0 Å². The molecule has 6 nitrogen and oxygen atoms in total. The highest BCUT2D eigenvalue weighted by Gasteiger charge is 2.43. The van der Waals surface area contributed by atoms with Crippen molar-refractivity contribution in [1.82, 2.24) is 10.1 Å². The van der Waals surface area contributed by atoms with Gasteiger partial charge in [0.25, 0.3) is 0 Å². The Balaban J connectivity index is 2.89. The number of hydrogen-bond acceptors (Lipinski definition) is 6. The average Bonchev–Trinajstić information content (AvgIpc) is 2.91. The third-order valence-electron chi connectivity index (χ3n) is 3.50. The molecule has 1 aromatic heterocycles. The van der Waals surface area contributed by atoms with E-state index in [1.807, 2.05) is 13.8 Å². The van der Waals surface area contributed by atoms with E-state index in [9.17, 15) is 4.79 Å². The Hall–Kier alpha value is -1.43. The number of carbonyl (C=O) groups excluding carboxylic acids is 1. The second-order valence-corrected chi connectivity index (χ2v) is 4.62. The fourth-order valence-corrected chi connectivity index (χ4v) is 2.12. The molecule has 0 aromatic carbocycles. The highest BCUT2D eigenvalue weighted by molar-refractivity contribution is 5.81. The number of methoxy groups -OCH3 is 1. The minimum atomic E-state index is -0.831. The summed E-state index contributed by atoms with van der Waals surface area (Å²) in [4.78, 5) is 16.6. The van der Waals surface area contributed by atoms with E-state index in [2.05, 4.69) is 10.1 Å². The molecular formula is C14H24N2O4. The van der Waals surface area contributed by atoms with E-state index in [4.69, 9.17) is 14.0 Å². The SMILES string of the molecule is CCOC(=O)C(CC)(CC)c1nc(CCCOC)no1. The first-order valence-electron chi connectivity index (χ1n) is 7.13. The second kappa shape index (κ2) is 7.99. The van der Waals surface area contributed by atoms with E-state index in [1.54, 1.807) is 14.0 Å². The van der Waals surface area contributed by atoms with Crippen LogP contribution in [0.2, 0.25) is 0 Å². The molecule has 6 heteroatoms. The minimum absolute atomic E-state index is 0.294. The number of hydrogen-bond donors (Lipinski definition) is 0. The maximum atomic E-state index is 12.2. The Morgan fingerprint density at radius 2 is 2.00 bits per heavy atom. The molecule has 0 fully saturated rings. The maximum Gasteiger partial charge on any atom is 0.321 e. The van der Waals surface area contributed by atoms with E-state index >= 15 is 0 Å². The summed E-state index contributed by atoms with van der Waals surface area (Å²) < 4.78 is 15.5. The van der Waals surface area contributed by atoms with Gasteiger partial charge in [-0.15, -0.1) is 0 Å². The van der Waals surface area contributed by atoms with Gasteiger partial charge in [0.05, 0.1) is 6.61 Å². The van der Waals surface area contributed by atoms with Crippen molar-refractivity contribution < 1.29 is 18.8 Å². The van der Waals surface area contributed by atoms with Gasteiger partial charge in [-0.2, -0.15) is 4.98 Å². The Morgan fingerprint density at radius 3 is 2.55 bits per heavy atom. The molecule has 0 bridgehead atoms. The van der Waals surface area contributed by atoms with Gasteiger partial charge in [0.2, 0.25) is 5.89 Å². The van der Waals surface area contributed by atoms with Crippen LogP contribution in [-0.4, -0.2) is 36.4 Å². The van der Waals surface area contributed by atoms with Gasteiger partial charge in [-0.25, -0.2) is 0 Å². The average molecular weight is 284 g/mol. The lowest BCUT2D eigenvalue weighted by Crippen LogP contribution is -2.36. The first-order chi connectivity index (χ1) is 9.64. The van der Waals surface area contributed by atoms with Gasteiger partial charge in [0.1, 0.15) is 5.41 Å². The first kappa shape index (κ1) is 16.6. The zero-order valence-corrected chi connectivity index (χ0v) is 12.8. The molecule has 0 amide bonds. The molecule has 1 rings (SSSR count). The van der Waals surface area contributed by atoms with Crippen molar-refractivity contribution >= 4 is 5.97 Å². The summed E-state index contributed by atoms with van der Waals surface area (Å²) in [6, 6.07) is 0. The molecule has 0 saturated heterocycles. The number of aryl methyl sites for hydroxylation is 1. The standard InChI is InChI=1S/C14H24N2O4/c1-5-14(6-2,13(17)19-7-3)12-15-11(16-20-12)9-8-10-18-4/h5-10H2,1-4H3. The fraction of sp³-hybridized carbons (Fsp3) is 0.786. The van der Waals surface area contributed by atoms with Crippen LogP contribution in [0, 0.1) is 0 Å². The van der Waals surface area contributed by atoms with E-state index < -0.39 is 5.41 Å². The summed E-state index contributed by atoms with van der Waals surface area (Å²) in [5.41, 5.74) is -0.831. The molecule has 114 valence electrons. The fourth-order valence-electron chi connectivity index (χ4n) is 2.12. The maximum absolute atomic E-state index is 12.2. The molecule has 0 aliphatic rings. The van der Waals surface area contributed by atoms with Gasteiger partial charge >= 0.3 is 5.97 Å². The Labute approximate surface area is 119 Å². The predicted octanol–water partition coefficient (Wildman–Crippen LogP) is 2.27. The minimum Gasteiger partial charge on any atom is -0.465 e. The van der Waals surface area contributed by atoms with Crippen LogP contribution < -0.4 is 0 Å². The molecule has 0 unspecified atom stereocenters. The number of carbonyl (C=O) groups is 1. The highest BCUT2D eigenvalue weighted by atomic mass is 16.5. The number of rotatable bonds is 9. The van der Waals surface area contributed by atoms with E-state index in [-0.39, 0.29) is 5.97 Å². The molecule has 0 radical (unpaired) electrons.